The molecular weight excluding hydrogens is 302 g/mol. The van der Waals surface area contributed by atoms with E-state index >= 15 is 0 Å². The van der Waals surface area contributed by atoms with E-state index in [9.17, 15) is 0 Å². The van der Waals surface area contributed by atoms with Gasteiger partial charge in [0, 0.05) is 25.5 Å². The summed E-state index contributed by atoms with van der Waals surface area (Å²) in [6, 6.07) is 2.10. The van der Waals surface area contributed by atoms with E-state index in [4.69, 9.17) is 0 Å². The van der Waals surface area contributed by atoms with Crippen LogP contribution in [-0.2, 0) is 0 Å². The maximum absolute atomic E-state index is 4.13. The van der Waals surface area contributed by atoms with Crippen molar-refractivity contribution in [1.29, 1.82) is 0 Å². The van der Waals surface area contributed by atoms with Gasteiger partial charge in [-0.15, -0.1) is 0 Å². The molecule has 0 amide bonds. The quantitative estimate of drug-likeness (QED) is 0.900. The molecule has 1 fully saturated rings. The van der Waals surface area contributed by atoms with Gasteiger partial charge in [0.05, 0.1) is 10.2 Å². The molecule has 1 aliphatic heterocycles. The molecule has 0 aliphatic carbocycles. The summed E-state index contributed by atoms with van der Waals surface area (Å²) in [5.74, 6) is 1.57. The number of rotatable bonds is 5. The third kappa shape index (κ3) is 4.46. The zero-order valence-electron chi connectivity index (χ0n) is 11.9. The van der Waals surface area contributed by atoms with Gasteiger partial charge in [0.15, 0.2) is 0 Å². The standard InChI is InChI=1S/C15H24BrN3/c1-12(2)9-18-10-13-4-7-19(8-5-13)15-3-6-17-11-14(15)16/h3,6,11-13,18H,4-5,7-10H2,1-2H3. The van der Waals surface area contributed by atoms with Crippen LogP contribution in [0.1, 0.15) is 26.7 Å². The van der Waals surface area contributed by atoms with Crippen LogP contribution in [0.2, 0.25) is 0 Å². The van der Waals surface area contributed by atoms with Crippen LogP contribution in [0.25, 0.3) is 0 Å². The van der Waals surface area contributed by atoms with E-state index in [1.165, 1.54) is 25.1 Å². The number of aromatic nitrogens is 1. The van der Waals surface area contributed by atoms with Gasteiger partial charge < -0.3 is 10.2 Å². The van der Waals surface area contributed by atoms with Gasteiger partial charge in [0.1, 0.15) is 0 Å². The molecule has 106 valence electrons. The summed E-state index contributed by atoms with van der Waals surface area (Å²) in [7, 11) is 0. The molecule has 0 radical (unpaired) electrons. The summed E-state index contributed by atoms with van der Waals surface area (Å²) in [6.45, 7) is 9.13. The summed E-state index contributed by atoms with van der Waals surface area (Å²) in [4.78, 5) is 6.59. The molecular formula is C15H24BrN3. The van der Waals surface area contributed by atoms with Crippen molar-refractivity contribution in [2.75, 3.05) is 31.1 Å². The van der Waals surface area contributed by atoms with Crippen LogP contribution >= 0.6 is 15.9 Å². The van der Waals surface area contributed by atoms with Crippen LogP contribution in [0.4, 0.5) is 5.69 Å². The van der Waals surface area contributed by atoms with E-state index in [1.54, 1.807) is 0 Å². The Bertz CT molecular complexity index is 387. The number of halogens is 1. The fraction of sp³-hybridized carbons (Fsp3) is 0.667. The van der Waals surface area contributed by atoms with Crippen molar-refractivity contribution in [1.82, 2.24) is 10.3 Å². The third-order valence-corrected chi connectivity index (χ3v) is 4.30. The predicted molar refractivity (Wildman–Crippen MR) is 84.6 cm³/mol. The molecule has 1 N–H and O–H groups in total. The van der Waals surface area contributed by atoms with Gasteiger partial charge in [0.2, 0.25) is 0 Å². The Labute approximate surface area is 124 Å². The Kier molecular flexibility index (Phi) is 5.64. The van der Waals surface area contributed by atoms with Gasteiger partial charge in [-0.05, 0) is 59.8 Å². The van der Waals surface area contributed by atoms with Crippen molar-refractivity contribution < 1.29 is 0 Å². The van der Waals surface area contributed by atoms with E-state index in [0.29, 0.717) is 0 Å². The number of pyridine rings is 1. The molecule has 0 unspecified atom stereocenters. The highest BCUT2D eigenvalue weighted by Crippen LogP contribution is 2.28. The smallest absolute Gasteiger partial charge is 0.0592 e. The predicted octanol–water partition coefficient (Wildman–Crippen LogP) is 3.31. The highest BCUT2D eigenvalue weighted by molar-refractivity contribution is 9.10. The number of piperidine rings is 1. The molecule has 0 atom stereocenters. The van der Waals surface area contributed by atoms with Crippen molar-refractivity contribution in [3.05, 3.63) is 22.9 Å². The Morgan fingerprint density at radius 2 is 2.16 bits per heavy atom. The van der Waals surface area contributed by atoms with Crippen LogP contribution in [-0.4, -0.2) is 31.2 Å². The second-order valence-electron chi connectivity index (χ2n) is 5.81. The van der Waals surface area contributed by atoms with Crippen LogP contribution in [0.15, 0.2) is 22.9 Å². The summed E-state index contributed by atoms with van der Waals surface area (Å²) < 4.78 is 1.10. The van der Waals surface area contributed by atoms with Crippen LogP contribution in [0.3, 0.4) is 0 Å². The second kappa shape index (κ2) is 7.25. The second-order valence-corrected chi connectivity index (χ2v) is 6.66. The maximum atomic E-state index is 4.13. The van der Waals surface area contributed by atoms with E-state index in [0.717, 1.165) is 35.9 Å². The molecule has 2 heterocycles. The lowest BCUT2D eigenvalue weighted by molar-refractivity contribution is 0.374. The third-order valence-electron chi connectivity index (χ3n) is 3.69. The molecule has 1 aromatic heterocycles. The first-order valence-electron chi connectivity index (χ1n) is 7.22. The number of nitrogens with one attached hydrogen (secondary N) is 1. The Morgan fingerprint density at radius 3 is 2.79 bits per heavy atom. The van der Waals surface area contributed by atoms with Gasteiger partial charge >= 0.3 is 0 Å². The minimum atomic E-state index is 0.743. The molecule has 0 spiro atoms. The normalized spacial score (nSPS) is 17.2. The largest absolute Gasteiger partial charge is 0.371 e. The Hall–Kier alpha value is -0.610. The molecule has 0 bridgehead atoms. The first kappa shape index (κ1) is 14.8. The van der Waals surface area contributed by atoms with Gasteiger partial charge in [-0.25, -0.2) is 0 Å². The zero-order chi connectivity index (χ0) is 13.7. The minimum absolute atomic E-state index is 0.743. The van der Waals surface area contributed by atoms with E-state index in [2.05, 4.69) is 51.0 Å². The van der Waals surface area contributed by atoms with E-state index < -0.39 is 0 Å². The van der Waals surface area contributed by atoms with Gasteiger partial charge in [0.25, 0.3) is 0 Å². The Balaban J connectivity index is 1.78. The van der Waals surface area contributed by atoms with Crippen LogP contribution in [0, 0.1) is 11.8 Å². The number of anilines is 1. The molecule has 19 heavy (non-hydrogen) atoms. The van der Waals surface area contributed by atoms with Crippen molar-refractivity contribution in [2.24, 2.45) is 11.8 Å². The number of hydrogen-bond acceptors (Lipinski definition) is 3. The lowest BCUT2D eigenvalue weighted by Crippen LogP contribution is -2.38. The molecule has 1 saturated heterocycles. The maximum Gasteiger partial charge on any atom is 0.0592 e. The lowest BCUT2D eigenvalue weighted by Gasteiger charge is -2.34. The summed E-state index contributed by atoms with van der Waals surface area (Å²) in [5, 5.41) is 3.58. The monoisotopic (exact) mass is 325 g/mol. The first-order chi connectivity index (χ1) is 9.16. The van der Waals surface area contributed by atoms with Crippen LogP contribution in [0.5, 0.6) is 0 Å². The molecule has 2 rings (SSSR count). The average molecular weight is 326 g/mol. The summed E-state index contributed by atoms with van der Waals surface area (Å²) in [6.07, 6.45) is 6.31. The molecule has 0 aromatic carbocycles. The van der Waals surface area contributed by atoms with Gasteiger partial charge in [-0.2, -0.15) is 0 Å². The number of nitrogens with zero attached hydrogens (tertiary/aromatic N) is 2. The highest BCUT2D eigenvalue weighted by Gasteiger charge is 2.20. The molecule has 3 nitrogen and oxygen atoms in total. The Morgan fingerprint density at radius 1 is 1.42 bits per heavy atom. The minimum Gasteiger partial charge on any atom is -0.371 e. The van der Waals surface area contributed by atoms with Crippen molar-refractivity contribution in [2.45, 2.75) is 26.7 Å². The van der Waals surface area contributed by atoms with Crippen LogP contribution < -0.4 is 10.2 Å². The fourth-order valence-corrected chi connectivity index (χ4v) is 3.08. The molecule has 4 heteroatoms. The summed E-state index contributed by atoms with van der Waals surface area (Å²) >= 11 is 3.59. The summed E-state index contributed by atoms with van der Waals surface area (Å²) in [5.41, 5.74) is 1.28. The van der Waals surface area contributed by atoms with E-state index in [1.807, 2.05) is 12.4 Å². The highest BCUT2D eigenvalue weighted by atomic mass is 79.9. The van der Waals surface area contributed by atoms with Crippen molar-refractivity contribution in [3.63, 3.8) is 0 Å². The van der Waals surface area contributed by atoms with Crippen molar-refractivity contribution in [3.8, 4) is 0 Å². The van der Waals surface area contributed by atoms with Gasteiger partial charge in [-0.3, -0.25) is 4.98 Å². The number of hydrogen-bond donors (Lipinski definition) is 1. The first-order valence-corrected chi connectivity index (χ1v) is 8.01. The molecule has 1 aromatic rings. The average Bonchev–Trinajstić information content (AvgIpc) is 2.40. The van der Waals surface area contributed by atoms with Crippen molar-refractivity contribution >= 4 is 21.6 Å². The zero-order valence-corrected chi connectivity index (χ0v) is 13.5. The van der Waals surface area contributed by atoms with E-state index in [-0.39, 0.29) is 0 Å². The fourth-order valence-electron chi connectivity index (χ4n) is 2.58. The lowest BCUT2D eigenvalue weighted by atomic mass is 9.96. The molecule has 1 aliphatic rings. The topological polar surface area (TPSA) is 28.2 Å². The van der Waals surface area contributed by atoms with Gasteiger partial charge in [-0.1, -0.05) is 13.8 Å². The molecule has 0 saturated carbocycles. The SMILES string of the molecule is CC(C)CNCC1CCN(c2ccncc2Br)CC1.